The molecule has 3 heteroatoms. The predicted molar refractivity (Wildman–Crippen MR) is 63.0 cm³/mol. The van der Waals surface area contributed by atoms with Crippen LogP contribution in [0.25, 0.3) is 0 Å². The number of carbonyl (C=O) groups is 1. The zero-order chi connectivity index (χ0) is 12.1. The van der Waals surface area contributed by atoms with Gasteiger partial charge in [0.05, 0.1) is 6.10 Å². The van der Waals surface area contributed by atoms with Gasteiger partial charge in [0.25, 0.3) is 0 Å². The van der Waals surface area contributed by atoms with Gasteiger partial charge in [0.2, 0.25) is 0 Å². The first-order chi connectivity index (χ1) is 7.04. The molecule has 0 spiro atoms. The lowest BCUT2D eigenvalue weighted by molar-refractivity contribution is -0.137. The van der Waals surface area contributed by atoms with Crippen molar-refractivity contribution in [1.29, 1.82) is 0 Å². The van der Waals surface area contributed by atoms with Crippen molar-refractivity contribution >= 4 is 5.97 Å². The molecule has 15 heavy (non-hydrogen) atoms. The molecule has 2 N–H and O–H groups in total. The number of carboxylic acids is 1. The van der Waals surface area contributed by atoms with Gasteiger partial charge in [-0.25, -0.2) is 0 Å². The third-order valence-electron chi connectivity index (χ3n) is 1.94. The Morgan fingerprint density at radius 1 is 1.13 bits per heavy atom. The highest BCUT2D eigenvalue weighted by molar-refractivity contribution is 5.66. The summed E-state index contributed by atoms with van der Waals surface area (Å²) < 4.78 is 0. The van der Waals surface area contributed by atoms with Crippen LogP contribution in [0.2, 0.25) is 0 Å². The van der Waals surface area contributed by atoms with E-state index in [1.54, 1.807) is 0 Å². The Morgan fingerprint density at radius 2 is 1.73 bits per heavy atom. The maximum atomic E-state index is 9.60. The fourth-order valence-electron chi connectivity index (χ4n) is 1.08. The van der Waals surface area contributed by atoms with E-state index >= 15 is 0 Å². The van der Waals surface area contributed by atoms with Crippen LogP contribution in [-0.4, -0.2) is 22.3 Å². The summed E-state index contributed by atoms with van der Waals surface area (Å²) in [5.41, 5.74) is 0. The van der Waals surface area contributed by atoms with E-state index in [2.05, 4.69) is 6.92 Å². The Morgan fingerprint density at radius 3 is 2.00 bits per heavy atom. The van der Waals surface area contributed by atoms with E-state index in [9.17, 15) is 4.79 Å². The Balaban J connectivity index is 0. The van der Waals surface area contributed by atoms with Gasteiger partial charge in [0.15, 0.2) is 0 Å². The normalized spacial score (nSPS) is 11.5. The van der Waals surface area contributed by atoms with Crippen molar-refractivity contribution in [1.82, 2.24) is 0 Å². The topological polar surface area (TPSA) is 57.5 Å². The van der Waals surface area contributed by atoms with Crippen molar-refractivity contribution in [3.63, 3.8) is 0 Å². The fourth-order valence-corrected chi connectivity index (χ4v) is 1.08. The third-order valence-corrected chi connectivity index (χ3v) is 1.94. The zero-order valence-corrected chi connectivity index (χ0v) is 10.3. The molecule has 0 saturated heterocycles. The number of rotatable bonds is 7. The van der Waals surface area contributed by atoms with Crippen LogP contribution in [0.5, 0.6) is 0 Å². The second-order valence-electron chi connectivity index (χ2n) is 3.84. The monoisotopic (exact) mass is 218 g/mol. The molecule has 0 amide bonds. The molecule has 0 rings (SSSR count). The quantitative estimate of drug-likeness (QED) is 0.645. The molecular weight excluding hydrogens is 192 g/mol. The van der Waals surface area contributed by atoms with Gasteiger partial charge >= 0.3 is 5.97 Å². The highest BCUT2D eigenvalue weighted by Gasteiger charge is 1.93. The predicted octanol–water partition coefficient (Wildman–Crippen LogP) is 3.21. The van der Waals surface area contributed by atoms with Crippen LogP contribution in [0.4, 0.5) is 0 Å². The smallest absolute Gasteiger partial charge is 0.303 e. The Hall–Kier alpha value is -0.570. The number of unbranched alkanes of at least 4 members (excludes halogenated alkanes) is 3. The lowest BCUT2D eigenvalue weighted by atomic mass is 10.1. The molecule has 0 bridgehead atoms. The summed E-state index contributed by atoms with van der Waals surface area (Å²) in [6.45, 7) is 5.89. The van der Waals surface area contributed by atoms with E-state index in [4.69, 9.17) is 10.2 Å². The summed E-state index contributed by atoms with van der Waals surface area (Å²) in [5, 5.41) is 16.8. The highest BCUT2D eigenvalue weighted by Crippen LogP contribution is 2.04. The second-order valence-corrected chi connectivity index (χ2v) is 3.84. The van der Waals surface area contributed by atoms with Gasteiger partial charge in [0.1, 0.15) is 0 Å². The summed E-state index contributed by atoms with van der Waals surface area (Å²) in [6, 6.07) is 0. The van der Waals surface area contributed by atoms with Crippen LogP contribution in [0.1, 0.15) is 65.7 Å². The fraction of sp³-hybridized carbons (Fsp3) is 0.917. The molecule has 0 aliphatic rings. The number of aliphatic hydroxyl groups excluding tert-OH is 1. The van der Waals surface area contributed by atoms with Gasteiger partial charge in [-0.05, 0) is 19.8 Å². The third kappa shape index (κ3) is 24.7. The summed E-state index contributed by atoms with van der Waals surface area (Å²) in [7, 11) is 0. The largest absolute Gasteiger partial charge is 0.481 e. The molecule has 0 aromatic rings. The standard InChI is InChI=1S/C8H18O.C4H8O2/c1-3-4-5-6-7-8(2)9;1-2-3-4(5)6/h8-9H,3-7H2,1-2H3;2-3H2,1H3,(H,5,6)/t8-;/m1./s1. The SMILES string of the molecule is CCCC(=O)O.CCCCCC[C@@H](C)O. The van der Waals surface area contributed by atoms with Gasteiger partial charge in [-0.15, -0.1) is 0 Å². The maximum Gasteiger partial charge on any atom is 0.303 e. The lowest BCUT2D eigenvalue weighted by Crippen LogP contribution is -1.97. The molecule has 0 saturated carbocycles. The molecule has 3 nitrogen and oxygen atoms in total. The minimum absolute atomic E-state index is 0.0955. The lowest BCUT2D eigenvalue weighted by Gasteiger charge is -2.01. The molecule has 0 heterocycles. The van der Waals surface area contributed by atoms with Crippen molar-refractivity contribution < 1.29 is 15.0 Å². The average Bonchev–Trinajstić information content (AvgIpc) is 2.13. The molecule has 0 unspecified atom stereocenters. The van der Waals surface area contributed by atoms with Crippen LogP contribution < -0.4 is 0 Å². The minimum atomic E-state index is -0.711. The van der Waals surface area contributed by atoms with Gasteiger partial charge in [0, 0.05) is 6.42 Å². The van der Waals surface area contributed by atoms with Crippen LogP contribution in [0.3, 0.4) is 0 Å². The number of aliphatic hydroxyl groups is 1. The van der Waals surface area contributed by atoms with Crippen molar-refractivity contribution in [2.75, 3.05) is 0 Å². The number of hydrogen-bond acceptors (Lipinski definition) is 2. The first kappa shape index (κ1) is 16.8. The van der Waals surface area contributed by atoms with Crippen molar-refractivity contribution in [3.05, 3.63) is 0 Å². The Kier molecular flexibility index (Phi) is 15.1. The molecule has 0 aromatic carbocycles. The second kappa shape index (κ2) is 13.4. The minimum Gasteiger partial charge on any atom is -0.481 e. The van der Waals surface area contributed by atoms with Crippen molar-refractivity contribution in [3.8, 4) is 0 Å². The van der Waals surface area contributed by atoms with Gasteiger partial charge in [-0.1, -0.05) is 39.5 Å². The molecule has 92 valence electrons. The summed E-state index contributed by atoms with van der Waals surface area (Å²) in [4.78, 5) is 9.60. The van der Waals surface area contributed by atoms with Gasteiger partial charge < -0.3 is 10.2 Å². The van der Waals surface area contributed by atoms with Gasteiger partial charge in [-0.3, -0.25) is 4.79 Å². The van der Waals surface area contributed by atoms with E-state index < -0.39 is 5.97 Å². The van der Waals surface area contributed by atoms with E-state index in [-0.39, 0.29) is 6.10 Å². The summed E-state index contributed by atoms with van der Waals surface area (Å²) >= 11 is 0. The van der Waals surface area contributed by atoms with Crippen LogP contribution in [0, 0.1) is 0 Å². The molecule has 1 atom stereocenters. The molecule has 0 aliphatic carbocycles. The first-order valence-electron chi connectivity index (χ1n) is 5.94. The highest BCUT2D eigenvalue weighted by atomic mass is 16.4. The number of carboxylic acid groups (broad SMARTS) is 1. The Labute approximate surface area is 93.5 Å². The summed E-state index contributed by atoms with van der Waals surface area (Å²) in [5.74, 6) is -0.711. The van der Waals surface area contributed by atoms with E-state index in [1.165, 1.54) is 25.7 Å². The summed E-state index contributed by atoms with van der Waals surface area (Å²) in [6.07, 6.45) is 6.95. The zero-order valence-electron chi connectivity index (χ0n) is 10.3. The molecule has 0 radical (unpaired) electrons. The maximum absolute atomic E-state index is 9.60. The number of hydrogen-bond donors (Lipinski definition) is 2. The Bertz CT molecular complexity index is 133. The molecule has 0 fully saturated rings. The van der Waals surface area contributed by atoms with E-state index in [0.29, 0.717) is 6.42 Å². The van der Waals surface area contributed by atoms with E-state index in [0.717, 1.165) is 12.8 Å². The van der Waals surface area contributed by atoms with Gasteiger partial charge in [-0.2, -0.15) is 0 Å². The molecular formula is C12H26O3. The van der Waals surface area contributed by atoms with Crippen molar-refractivity contribution in [2.45, 2.75) is 71.8 Å². The average molecular weight is 218 g/mol. The van der Waals surface area contributed by atoms with Crippen LogP contribution >= 0.6 is 0 Å². The van der Waals surface area contributed by atoms with Crippen LogP contribution in [0.15, 0.2) is 0 Å². The van der Waals surface area contributed by atoms with E-state index in [1.807, 2.05) is 13.8 Å². The number of aliphatic carboxylic acids is 1. The first-order valence-corrected chi connectivity index (χ1v) is 5.94. The molecule has 0 aliphatic heterocycles. The molecule has 0 aromatic heterocycles. The van der Waals surface area contributed by atoms with Crippen LogP contribution in [-0.2, 0) is 4.79 Å². The van der Waals surface area contributed by atoms with Crippen molar-refractivity contribution in [2.24, 2.45) is 0 Å².